The van der Waals surface area contributed by atoms with Gasteiger partial charge in [-0.3, -0.25) is 4.79 Å². The van der Waals surface area contributed by atoms with Crippen LogP contribution < -0.4 is 5.73 Å². The monoisotopic (exact) mass is 271 g/mol. The van der Waals surface area contributed by atoms with E-state index < -0.39 is 5.12 Å². The maximum absolute atomic E-state index is 11.3. The third kappa shape index (κ3) is 3.19. The molecule has 92 valence electrons. The van der Waals surface area contributed by atoms with Gasteiger partial charge in [0, 0.05) is 5.38 Å². The largest absolute Gasteiger partial charge is 0.392 e. The summed E-state index contributed by atoms with van der Waals surface area (Å²) in [6.07, 6.45) is 4.36. The maximum atomic E-state index is 11.3. The third-order valence-corrected chi connectivity index (χ3v) is 3.45. The molecular weight excluding hydrogens is 258 g/mol. The number of nitrogen functional groups attached to an aromatic ring is 1. The van der Waals surface area contributed by atoms with E-state index in [1.54, 1.807) is 5.38 Å². The Labute approximate surface area is 108 Å². The van der Waals surface area contributed by atoms with Crippen molar-refractivity contribution >= 4 is 39.9 Å². The molecule has 1 fully saturated rings. The Morgan fingerprint density at radius 2 is 2.29 bits per heavy atom. The molecule has 0 spiro atoms. The van der Waals surface area contributed by atoms with Crippen LogP contribution in [0.5, 0.6) is 0 Å². The van der Waals surface area contributed by atoms with E-state index >= 15 is 0 Å². The molecule has 1 aliphatic rings. The van der Waals surface area contributed by atoms with Crippen LogP contribution in [0.4, 0.5) is 5.13 Å². The zero-order valence-corrected chi connectivity index (χ0v) is 10.8. The van der Waals surface area contributed by atoms with Crippen LogP contribution in [0.1, 0.15) is 31.4 Å². The summed E-state index contributed by atoms with van der Waals surface area (Å²) in [5.74, 6) is 0. The molecule has 0 aliphatic heterocycles. The van der Waals surface area contributed by atoms with Gasteiger partial charge in [0.05, 0.1) is 0 Å². The maximum Gasteiger partial charge on any atom is 0.240 e. The summed E-state index contributed by atoms with van der Waals surface area (Å²) < 4.78 is 0. The minimum absolute atomic E-state index is 0.105. The van der Waals surface area contributed by atoms with Crippen LogP contribution in [0.25, 0.3) is 0 Å². The minimum Gasteiger partial charge on any atom is -0.392 e. The fourth-order valence-corrected chi connectivity index (χ4v) is 2.42. The molecule has 5 nitrogen and oxygen atoms in total. The summed E-state index contributed by atoms with van der Waals surface area (Å²) in [4.78, 5) is 20.7. The first-order valence-corrected chi connectivity index (χ1v) is 6.68. The average Bonchev–Trinajstić information content (AvgIpc) is 2.90. The number of aromatic nitrogens is 1. The van der Waals surface area contributed by atoms with E-state index in [0.717, 1.165) is 25.7 Å². The summed E-state index contributed by atoms with van der Waals surface area (Å²) in [6, 6.07) is 0. The van der Waals surface area contributed by atoms with Crippen molar-refractivity contribution in [3.8, 4) is 0 Å². The SMILES string of the molecule is Nc1nc(C(=NOC2CCCC2)C(=O)S)cs1. The van der Waals surface area contributed by atoms with Crippen LogP contribution in [0.15, 0.2) is 10.5 Å². The number of oxime groups is 1. The Bertz CT molecular complexity index is 439. The van der Waals surface area contributed by atoms with Gasteiger partial charge >= 0.3 is 0 Å². The lowest BCUT2D eigenvalue weighted by Crippen LogP contribution is -2.13. The highest BCUT2D eigenvalue weighted by molar-refractivity contribution is 7.99. The number of rotatable bonds is 4. The highest BCUT2D eigenvalue weighted by Gasteiger charge is 2.19. The predicted molar refractivity (Wildman–Crippen MR) is 70.4 cm³/mol. The first kappa shape index (κ1) is 12.4. The number of hydrogen-bond donors (Lipinski definition) is 2. The van der Waals surface area contributed by atoms with Gasteiger partial charge in [-0.2, -0.15) is 0 Å². The van der Waals surface area contributed by atoms with E-state index in [9.17, 15) is 4.79 Å². The fourth-order valence-electron chi connectivity index (χ4n) is 1.71. The van der Waals surface area contributed by atoms with Crippen molar-refractivity contribution in [2.24, 2.45) is 5.16 Å². The summed E-state index contributed by atoms with van der Waals surface area (Å²) in [6.45, 7) is 0. The quantitative estimate of drug-likeness (QED) is 0.497. The normalized spacial score (nSPS) is 17.4. The first-order chi connectivity index (χ1) is 8.16. The molecule has 0 bridgehead atoms. The van der Waals surface area contributed by atoms with Crippen molar-refractivity contribution in [1.29, 1.82) is 0 Å². The van der Waals surface area contributed by atoms with Crippen LogP contribution in [0.3, 0.4) is 0 Å². The molecule has 0 amide bonds. The molecule has 1 aromatic heterocycles. The van der Waals surface area contributed by atoms with Gasteiger partial charge in [-0.1, -0.05) is 17.8 Å². The molecule has 0 radical (unpaired) electrons. The van der Waals surface area contributed by atoms with Gasteiger partial charge in [-0.25, -0.2) is 4.98 Å². The summed E-state index contributed by atoms with van der Waals surface area (Å²) in [5.41, 5.74) is 6.05. The second-order valence-electron chi connectivity index (χ2n) is 3.83. The number of anilines is 1. The smallest absolute Gasteiger partial charge is 0.240 e. The Hall–Kier alpha value is -1.08. The number of nitrogens with zero attached hydrogens (tertiary/aromatic N) is 2. The molecule has 0 atom stereocenters. The van der Waals surface area contributed by atoms with E-state index in [4.69, 9.17) is 10.6 Å². The standard InChI is InChI=1S/C10H13N3O2S2/c11-10-12-7(5-17-10)8(9(14)16)13-15-6-3-1-2-4-6/h5-6H,1-4H2,(H2,11,12)(H,14,16). The number of thiol groups is 1. The topological polar surface area (TPSA) is 77.6 Å². The van der Waals surface area contributed by atoms with Crippen LogP contribution in [0.2, 0.25) is 0 Å². The van der Waals surface area contributed by atoms with E-state index in [1.807, 2.05) is 0 Å². The van der Waals surface area contributed by atoms with Gasteiger partial charge < -0.3 is 10.6 Å². The fraction of sp³-hybridized carbons (Fsp3) is 0.500. The molecular formula is C10H13N3O2S2. The molecule has 0 saturated heterocycles. The zero-order chi connectivity index (χ0) is 12.3. The van der Waals surface area contributed by atoms with Crippen molar-refractivity contribution < 1.29 is 9.63 Å². The minimum atomic E-state index is -0.465. The first-order valence-electron chi connectivity index (χ1n) is 5.35. The van der Waals surface area contributed by atoms with Crippen LogP contribution in [-0.4, -0.2) is 21.9 Å². The van der Waals surface area contributed by atoms with Crippen molar-refractivity contribution in [3.05, 3.63) is 11.1 Å². The Morgan fingerprint density at radius 1 is 1.59 bits per heavy atom. The lowest BCUT2D eigenvalue weighted by molar-refractivity contribution is -0.105. The third-order valence-electron chi connectivity index (χ3n) is 2.56. The van der Waals surface area contributed by atoms with E-state index in [1.165, 1.54) is 11.3 Å². The number of carbonyl (C=O) groups is 1. The highest BCUT2D eigenvalue weighted by Crippen LogP contribution is 2.21. The molecule has 1 heterocycles. The van der Waals surface area contributed by atoms with Crippen molar-refractivity contribution in [2.45, 2.75) is 31.8 Å². The molecule has 2 rings (SSSR count). The van der Waals surface area contributed by atoms with Gasteiger partial charge in [0.2, 0.25) is 5.12 Å². The lowest BCUT2D eigenvalue weighted by Gasteiger charge is -2.07. The molecule has 0 aromatic carbocycles. The molecule has 0 unspecified atom stereocenters. The van der Waals surface area contributed by atoms with Crippen molar-refractivity contribution in [3.63, 3.8) is 0 Å². The van der Waals surface area contributed by atoms with E-state index in [-0.39, 0.29) is 11.8 Å². The number of hydrogen-bond acceptors (Lipinski definition) is 6. The van der Waals surface area contributed by atoms with E-state index in [0.29, 0.717) is 10.8 Å². The summed E-state index contributed by atoms with van der Waals surface area (Å²) >= 11 is 5.02. The number of carbonyl (C=O) groups excluding carboxylic acids is 1. The van der Waals surface area contributed by atoms with Crippen molar-refractivity contribution in [2.75, 3.05) is 5.73 Å². The van der Waals surface area contributed by atoms with E-state index in [2.05, 4.69) is 22.8 Å². The predicted octanol–water partition coefficient (Wildman–Crippen LogP) is 1.84. The van der Waals surface area contributed by atoms with Crippen LogP contribution in [0, 0.1) is 0 Å². The molecule has 17 heavy (non-hydrogen) atoms. The van der Waals surface area contributed by atoms with Crippen LogP contribution >= 0.6 is 24.0 Å². The number of nitrogens with two attached hydrogens (primary N) is 1. The Balaban J connectivity index is 2.11. The molecule has 1 aliphatic carbocycles. The van der Waals surface area contributed by atoms with Gasteiger partial charge in [-0.15, -0.1) is 11.3 Å². The second-order valence-corrected chi connectivity index (χ2v) is 5.12. The molecule has 1 saturated carbocycles. The van der Waals surface area contributed by atoms with Gasteiger partial charge in [-0.05, 0) is 25.7 Å². The van der Waals surface area contributed by atoms with Crippen molar-refractivity contribution in [1.82, 2.24) is 4.98 Å². The number of thiazole rings is 1. The van der Waals surface area contributed by atoms with Gasteiger partial charge in [0.15, 0.2) is 10.8 Å². The summed E-state index contributed by atoms with van der Waals surface area (Å²) in [7, 11) is 0. The molecule has 2 N–H and O–H groups in total. The second kappa shape index (κ2) is 5.50. The van der Waals surface area contributed by atoms with Crippen LogP contribution in [-0.2, 0) is 9.63 Å². The Kier molecular flexibility index (Phi) is 4.01. The Morgan fingerprint density at radius 3 is 2.82 bits per heavy atom. The summed E-state index contributed by atoms with van der Waals surface area (Å²) in [5, 5.41) is 5.46. The zero-order valence-electron chi connectivity index (χ0n) is 9.13. The average molecular weight is 271 g/mol. The van der Waals surface area contributed by atoms with Gasteiger partial charge in [0.1, 0.15) is 11.8 Å². The van der Waals surface area contributed by atoms with Gasteiger partial charge in [0.25, 0.3) is 0 Å². The molecule has 7 heteroatoms. The molecule has 1 aromatic rings. The lowest BCUT2D eigenvalue weighted by atomic mass is 10.3. The highest BCUT2D eigenvalue weighted by atomic mass is 32.1.